The number of hydrogen-bond donors (Lipinski definition) is 2. The molecule has 5 heteroatoms. The lowest BCUT2D eigenvalue weighted by molar-refractivity contribution is 0.396. The smallest absolute Gasteiger partial charge is 0.218 e. The van der Waals surface area contributed by atoms with Crippen LogP contribution in [-0.2, 0) is 0 Å². The Morgan fingerprint density at radius 2 is 2.27 bits per heavy atom. The minimum Gasteiger partial charge on any atom is -0.481 e. The molecule has 0 saturated carbocycles. The number of aromatic nitrogens is 2. The first-order valence-corrected chi connectivity index (χ1v) is 5.02. The standard InChI is InChI=1S/C10H18N4O/c1-7(4-5-11)12-9-6-10(15-3)14-8(2)13-9/h6-7H,4-5,11H2,1-3H3,(H,12,13,14). The number of aryl methyl sites for hydroxylation is 1. The van der Waals surface area contributed by atoms with E-state index >= 15 is 0 Å². The van der Waals surface area contributed by atoms with Crippen LogP contribution in [0.5, 0.6) is 5.88 Å². The van der Waals surface area contributed by atoms with E-state index in [0.717, 1.165) is 12.2 Å². The minimum atomic E-state index is 0.300. The first kappa shape index (κ1) is 11.7. The molecule has 1 rings (SSSR count). The number of hydrogen-bond acceptors (Lipinski definition) is 5. The first-order valence-electron chi connectivity index (χ1n) is 5.02. The van der Waals surface area contributed by atoms with Crippen molar-refractivity contribution in [3.05, 3.63) is 11.9 Å². The van der Waals surface area contributed by atoms with Crippen molar-refractivity contribution in [2.45, 2.75) is 26.3 Å². The average molecular weight is 210 g/mol. The summed E-state index contributed by atoms with van der Waals surface area (Å²) < 4.78 is 5.06. The second-order valence-corrected chi connectivity index (χ2v) is 3.47. The van der Waals surface area contributed by atoms with Gasteiger partial charge >= 0.3 is 0 Å². The molecule has 3 N–H and O–H groups in total. The molecule has 0 aliphatic rings. The molecule has 1 aromatic heterocycles. The zero-order chi connectivity index (χ0) is 11.3. The lowest BCUT2D eigenvalue weighted by Gasteiger charge is -2.14. The Morgan fingerprint density at radius 1 is 1.53 bits per heavy atom. The maximum absolute atomic E-state index is 5.47. The zero-order valence-corrected chi connectivity index (χ0v) is 9.45. The molecule has 0 amide bonds. The van der Waals surface area contributed by atoms with Crippen LogP contribution < -0.4 is 15.8 Å². The summed E-state index contributed by atoms with van der Waals surface area (Å²) in [6.07, 6.45) is 0.908. The van der Waals surface area contributed by atoms with Gasteiger partial charge < -0.3 is 15.8 Å². The highest BCUT2D eigenvalue weighted by molar-refractivity contribution is 5.39. The van der Waals surface area contributed by atoms with Crippen LogP contribution in [0.4, 0.5) is 5.82 Å². The summed E-state index contributed by atoms with van der Waals surface area (Å²) >= 11 is 0. The van der Waals surface area contributed by atoms with Gasteiger partial charge in [0.25, 0.3) is 0 Å². The Morgan fingerprint density at radius 3 is 2.87 bits per heavy atom. The van der Waals surface area contributed by atoms with Crippen molar-refractivity contribution in [2.75, 3.05) is 19.0 Å². The van der Waals surface area contributed by atoms with E-state index < -0.39 is 0 Å². The molecule has 5 nitrogen and oxygen atoms in total. The van der Waals surface area contributed by atoms with Gasteiger partial charge in [-0.15, -0.1) is 0 Å². The molecule has 0 radical (unpaired) electrons. The molecular weight excluding hydrogens is 192 g/mol. The number of ether oxygens (including phenoxy) is 1. The van der Waals surface area contributed by atoms with Gasteiger partial charge in [-0.3, -0.25) is 0 Å². The Labute approximate surface area is 90.1 Å². The van der Waals surface area contributed by atoms with Crippen molar-refractivity contribution in [1.29, 1.82) is 0 Å². The molecule has 0 saturated heterocycles. The molecule has 0 bridgehead atoms. The highest BCUT2D eigenvalue weighted by Gasteiger charge is 2.05. The molecule has 1 heterocycles. The molecule has 0 aromatic carbocycles. The fourth-order valence-corrected chi connectivity index (χ4v) is 1.29. The predicted molar refractivity (Wildman–Crippen MR) is 60.1 cm³/mol. The summed E-state index contributed by atoms with van der Waals surface area (Å²) in [5.41, 5.74) is 5.47. The summed E-state index contributed by atoms with van der Waals surface area (Å²) in [5, 5.41) is 3.25. The van der Waals surface area contributed by atoms with E-state index in [2.05, 4.69) is 22.2 Å². The maximum atomic E-state index is 5.47. The van der Waals surface area contributed by atoms with E-state index in [4.69, 9.17) is 10.5 Å². The molecule has 15 heavy (non-hydrogen) atoms. The van der Waals surface area contributed by atoms with Crippen molar-refractivity contribution in [2.24, 2.45) is 5.73 Å². The average Bonchev–Trinajstić information content (AvgIpc) is 2.17. The second-order valence-electron chi connectivity index (χ2n) is 3.47. The molecule has 1 atom stereocenters. The Hall–Kier alpha value is -1.36. The van der Waals surface area contributed by atoms with Gasteiger partial charge in [-0.1, -0.05) is 0 Å². The van der Waals surface area contributed by atoms with Gasteiger partial charge in [0.05, 0.1) is 7.11 Å². The molecule has 0 spiro atoms. The van der Waals surface area contributed by atoms with Crippen molar-refractivity contribution in [1.82, 2.24) is 9.97 Å². The molecule has 0 aliphatic carbocycles. The van der Waals surface area contributed by atoms with E-state index in [9.17, 15) is 0 Å². The second kappa shape index (κ2) is 5.50. The highest BCUT2D eigenvalue weighted by Crippen LogP contribution is 2.13. The van der Waals surface area contributed by atoms with Crippen LogP contribution in [0.2, 0.25) is 0 Å². The van der Waals surface area contributed by atoms with Gasteiger partial charge in [0, 0.05) is 12.1 Å². The summed E-state index contributed by atoms with van der Waals surface area (Å²) in [7, 11) is 1.59. The molecule has 1 aromatic rings. The topological polar surface area (TPSA) is 73.1 Å². The van der Waals surface area contributed by atoms with E-state index in [1.807, 2.05) is 6.92 Å². The van der Waals surface area contributed by atoms with E-state index in [1.54, 1.807) is 13.2 Å². The van der Waals surface area contributed by atoms with E-state index in [1.165, 1.54) is 0 Å². The summed E-state index contributed by atoms with van der Waals surface area (Å²) in [6, 6.07) is 2.08. The molecule has 1 unspecified atom stereocenters. The Balaban J connectivity index is 2.71. The lowest BCUT2D eigenvalue weighted by Crippen LogP contribution is -2.20. The van der Waals surface area contributed by atoms with Crippen LogP contribution >= 0.6 is 0 Å². The van der Waals surface area contributed by atoms with Crippen LogP contribution in [0.1, 0.15) is 19.2 Å². The molecule has 0 aliphatic heterocycles. The van der Waals surface area contributed by atoms with Crippen molar-refractivity contribution in [3.8, 4) is 5.88 Å². The van der Waals surface area contributed by atoms with Crippen molar-refractivity contribution < 1.29 is 4.74 Å². The van der Waals surface area contributed by atoms with Gasteiger partial charge in [-0.2, -0.15) is 4.98 Å². The van der Waals surface area contributed by atoms with E-state index in [-0.39, 0.29) is 0 Å². The monoisotopic (exact) mass is 210 g/mol. The van der Waals surface area contributed by atoms with Crippen LogP contribution in [0.25, 0.3) is 0 Å². The number of nitrogens with one attached hydrogen (secondary N) is 1. The number of rotatable bonds is 5. The van der Waals surface area contributed by atoms with Crippen LogP contribution in [-0.4, -0.2) is 29.7 Å². The third-order valence-corrected chi connectivity index (χ3v) is 2.02. The number of nitrogens with two attached hydrogens (primary N) is 1. The van der Waals surface area contributed by atoms with Gasteiger partial charge in [-0.05, 0) is 26.8 Å². The number of methoxy groups -OCH3 is 1. The van der Waals surface area contributed by atoms with Gasteiger partial charge in [-0.25, -0.2) is 4.98 Å². The summed E-state index contributed by atoms with van der Waals surface area (Å²) in [5.74, 6) is 2.04. The third kappa shape index (κ3) is 3.71. The fourth-order valence-electron chi connectivity index (χ4n) is 1.29. The highest BCUT2D eigenvalue weighted by atomic mass is 16.5. The van der Waals surface area contributed by atoms with Crippen LogP contribution in [0.15, 0.2) is 6.07 Å². The van der Waals surface area contributed by atoms with Crippen molar-refractivity contribution in [3.63, 3.8) is 0 Å². The maximum Gasteiger partial charge on any atom is 0.218 e. The predicted octanol–water partition coefficient (Wildman–Crippen LogP) is 0.943. The first-order chi connectivity index (χ1) is 7.15. The third-order valence-electron chi connectivity index (χ3n) is 2.02. The van der Waals surface area contributed by atoms with Gasteiger partial charge in [0.1, 0.15) is 11.6 Å². The summed E-state index contributed by atoms with van der Waals surface area (Å²) in [4.78, 5) is 8.37. The minimum absolute atomic E-state index is 0.300. The van der Waals surface area contributed by atoms with Gasteiger partial charge in [0.2, 0.25) is 5.88 Å². The number of nitrogens with zero attached hydrogens (tertiary/aromatic N) is 2. The molecular formula is C10H18N4O. The van der Waals surface area contributed by atoms with Crippen molar-refractivity contribution >= 4 is 5.82 Å². The quantitative estimate of drug-likeness (QED) is 0.756. The Kier molecular flexibility index (Phi) is 4.30. The van der Waals surface area contributed by atoms with Crippen LogP contribution in [0.3, 0.4) is 0 Å². The van der Waals surface area contributed by atoms with Gasteiger partial charge in [0.15, 0.2) is 0 Å². The Bertz CT molecular complexity index is 316. The lowest BCUT2D eigenvalue weighted by atomic mass is 10.2. The largest absolute Gasteiger partial charge is 0.481 e. The molecule has 0 fully saturated rings. The normalized spacial score (nSPS) is 12.3. The zero-order valence-electron chi connectivity index (χ0n) is 9.45. The number of anilines is 1. The fraction of sp³-hybridized carbons (Fsp3) is 0.600. The van der Waals surface area contributed by atoms with E-state index in [0.29, 0.717) is 24.3 Å². The summed E-state index contributed by atoms with van der Waals surface area (Å²) in [6.45, 7) is 4.56. The molecule has 84 valence electrons. The van der Waals surface area contributed by atoms with Crippen LogP contribution in [0, 0.1) is 6.92 Å². The SMILES string of the molecule is COc1cc(NC(C)CCN)nc(C)n1.